The van der Waals surface area contributed by atoms with Gasteiger partial charge < -0.3 is 4.74 Å². The Balaban J connectivity index is 1.89. The van der Waals surface area contributed by atoms with E-state index in [2.05, 4.69) is 10.5 Å². The summed E-state index contributed by atoms with van der Waals surface area (Å²) < 4.78 is 31.6. The number of carbonyl (C=O) groups excluding carboxylic acids is 1. The Labute approximate surface area is 188 Å². The molecular formula is C24H25N3O4S. The Morgan fingerprint density at radius 3 is 2.38 bits per heavy atom. The summed E-state index contributed by atoms with van der Waals surface area (Å²) in [6.07, 6.45) is 1.12. The zero-order valence-electron chi connectivity index (χ0n) is 18.1. The summed E-state index contributed by atoms with van der Waals surface area (Å²) in [5.41, 5.74) is 5.20. The Kier molecular flexibility index (Phi) is 7.27. The molecule has 0 aliphatic carbocycles. The van der Waals surface area contributed by atoms with Gasteiger partial charge in [0.1, 0.15) is 5.75 Å². The minimum atomic E-state index is -3.65. The fraction of sp³-hybridized carbons (Fsp3) is 0.167. The largest absolute Gasteiger partial charge is 0.497 e. The van der Waals surface area contributed by atoms with Crippen LogP contribution in [0.5, 0.6) is 5.75 Å². The van der Waals surface area contributed by atoms with E-state index in [0.717, 1.165) is 17.4 Å². The predicted molar refractivity (Wildman–Crippen MR) is 127 cm³/mol. The molecule has 0 atom stereocenters. The molecule has 0 saturated heterocycles. The first-order valence-corrected chi connectivity index (χ1v) is 11.7. The van der Waals surface area contributed by atoms with Gasteiger partial charge in [-0.05, 0) is 36.8 Å². The van der Waals surface area contributed by atoms with Crippen molar-refractivity contribution in [3.05, 3.63) is 95.6 Å². The number of rotatable bonds is 8. The third-order valence-corrected chi connectivity index (χ3v) is 5.93. The molecule has 0 fully saturated rings. The molecule has 0 saturated carbocycles. The third-order valence-electron chi connectivity index (χ3n) is 4.80. The Bertz CT molecular complexity index is 1220. The maximum Gasteiger partial charge on any atom is 0.273 e. The molecule has 3 aromatic carbocycles. The van der Waals surface area contributed by atoms with Gasteiger partial charge in [-0.15, -0.1) is 0 Å². The fourth-order valence-corrected chi connectivity index (χ4v) is 4.02. The van der Waals surface area contributed by atoms with Crippen molar-refractivity contribution in [3.63, 3.8) is 0 Å². The van der Waals surface area contributed by atoms with Gasteiger partial charge >= 0.3 is 0 Å². The highest BCUT2D eigenvalue weighted by molar-refractivity contribution is 7.92. The van der Waals surface area contributed by atoms with Crippen LogP contribution in [-0.4, -0.2) is 33.4 Å². The smallest absolute Gasteiger partial charge is 0.273 e. The highest BCUT2D eigenvalue weighted by atomic mass is 32.2. The van der Waals surface area contributed by atoms with E-state index in [1.54, 1.807) is 38.3 Å². The number of ether oxygens (including phenoxy) is 1. The lowest BCUT2D eigenvalue weighted by Crippen LogP contribution is -2.32. The number of methoxy groups -OCH3 is 1. The van der Waals surface area contributed by atoms with Crippen molar-refractivity contribution in [2.75, 3.05) is 17.7 Å². The predicted octanol–water partition coefficient (Wildman–Crippen LogP) is 3.82. The topological polar surface area (TPSA) is 88.1 Å². The summed E-state index contributed by atoms with van der Waals surface area (Å²) >= 11 is 0. The SMILES string of the molecule is COc1cccc(C(C)=NNC(=O)c2ccccc2N(Cc2ccccc2)S(C)(=O)=O)c1. The molecule has 0 aliphatic rings. The number of benzene rings is 3. The third kappa shape index (κ3) is 5.73. The van der Waals surface area contributed by atoms with Gasteiger partial charge in [-0.25, -0.2) is 13.8 Å². The van der Waals surface area contributed by atoms with Gasteiger partial charge in [-0.3, -0.25) is 9.10 Å². The van der Waals surface area contributed by atoms with E-state index in [1.807, 2.05) is 54.6 Å². The molecule has 0 aliphatic heterocycles. The molecule has 0 aromatic heterocycles. The van der Waals surface area contributed by atoms with Crippen LogP contribution >= 0.6 is 0 Å². The molecule has 0 heterocycles. The van der Waals surface area contributed by atoms with Crippen molar-refractivity contribution in [2.24, 2.45) is 5.10 Å². The number of sulfonamides is 1. The summed E-state index contributed by atoms with van der Waals surface area (Å²) in [6, 6.07) is 23.1. The zero-order valence-corrected chi connectivity index (χ0v) is 19.0. The molecule has 7 nitrogen and oxygen atoms in total. The second-order valence-electron chi connectivity index (χ2n) is 7.14. The van der Waals surface area contributed by atoms with Gasteiger partial charge in [0.25, 0.3) is 5.91 Å². The molecule has 3 rings (SSSR count). The van der Waals surface area contributed by atoms with Gasteiger partial charge in [0.15, 0.2) is 0 Å². The molecule has 0 unspecified atom stereocenters. The quantitative estimate of drug-likeness (QED) is 0.417. The number of anilines is 1. The number of nitrogens with zero attached hydrogens (tertiary/aromatic N) is 2. The summed E-state index contributed by atoms with van der Waals surface area (Å²) in [7, 11) is -2.07. The lowest BCUT2D eigenvalue weighted by atomic mass is 10.1. The van der Waals surface area contributed by atoms with E-state index in [4.69, 9.17) is 4.74 Å². The van der Waals surface area contributed by atoms with Crippen LogP contribution < -0.4 is 14.5 Å². The van der Waals surface area contributed by atoms with Crippen LogP contribution in [0.1, 0.15) is 28.4 Å². The molecule has 3 aromatic rings. The van der Waals surface area contributed by atoms with Crippen molar-refractivity contribution in [1.82, 2.24) is 5.43 Å². The molecule has 8 heteroatoms. The van der Waals surface area contributed by atoms with Gasteiger partial charge in [-0.1, -0.05) is 54.6 Å². The maximum atomic E-state index is 12.9. The van der Waals surface area contributed by atoms with E-state index >= 15 is 0 Å². The maximum absolute atomic E-state index is 12.9. The summed E-state index contributed by atoms with van der Waals surface area (Å²) in [4.78, 5) is 12.9. The molecule has 0 spiro atoms. The van der Waals surface area contributed by atoms with E-state index in [0.29, 0.717) is 11.5 Å². The molecule has 1 amide bonds. The van der Waals surface area contributed by atoms with Crippen molar-refractivity contribution < 1.29 is 17.9 Å². The van der Waals surface area contributed by atoms with E-state index < -0.39 is 15.9 Å². The van der Waals surface area contributed by atoms with Gasteiger partial charge in [-0.2, -0.15) is 5.10 Å². The number of carbonyl (C=O) groups is 1. The lowest BCUT2D eigenvalue weighted by Gasteiger charge is -2.24. The van der Waals surface area contributed by atoms with Crippen molar-refractivity contribution in [2.45, 2.75) is 13.5 Å². The molecule has 0 bridgehead atoms. The van der Waals surface area contributed by atoms with E-state index in [9.17, 15) is 13.2 Å². The normalized spacial score (nSPS) is 11.7. The number of hydrazone groups is 1. The summed E-state index contributed by atoms with van der Waals surface area (Å²) in [5.74, 6) is 0.169. The molecule has 0 radical (unpaired) electrons. The minimum absolute atomic E-state index is 0.107. The van der Waals surface area contributed by atoms with Gasteiger partial charge in [0.2, 0.25) is 10.0 Å². The summed E-state index contributed by atoms with van der Waals surface area (Å²) in [6.45, 7) is 1.87. The van der Waals surface area contributed by atoms with E-state index in [1.165, 1.54) is 4.31 Å². The number of hydrogen-bond donors (Lipinski definition) is 1. The first-order valence-electron chi connectivity index (χ1n) is 9.89. The Morgan fingerprint density at radius 2 is 1.69 bits per heavy atom. The van der Waals surface area contributed by atoms with Crippen LogP contribution in [-0.2, 0) is 16.6 Å². The molecular weight excluding hydrogens is 426 g/mol. The van der Waals surface area contributed by atoms with Crippen molar-refractivity contribution in [3.8, 4) is 5.75 Å². The average Bonchev–Trinajstić information content (AvgIpc) is 2.80. The minimum Gasteiger partial charge on any atom is -0.497 e. The summed E-state index contributed by atoms with van der Waals surface area (Å²) in [5, 5.41) is 4.19. The highest BCUT2D eigenvalue weighted by Gasteiger charge is 2.23. The van der Waals surface area contributed by atoms with Crippen LogP contribution in [0.2, 0.25) is 0 Å². The highest BCUT2D eigenvalue weighted by Crippen LogP contribution is 2.25. The molecule has 32 heavy (non-hydrogen) atoms. The fourth-order valence-electron chi connectivity index (χ4n) is 3.12. The van der Waals surface area contributed by atoms with Crippen LogP contribution in [0, 0.1) is 0 Å². The number of hydrogen-bond acceptors (Lipinski definition) is 5. The number of amides is 1. The van der Waals surface area contributed by atoms with Crippen molar-refractivity contribution in [1.29, 1.82) is 0 Å². The number of nitrogens with one attached hydrogen (secondary N) is 1. The first-order chi connectivity index (χ1) is 15.3. The van der Waals surface area contributed by atoms with Crippen LogP contribution in [0.3, 0.4) is 0 Å². The monoisotopic (exact) mass is 451 g/mol. The van der Waals surface area contributed by atoms with Crippen molar-refractivity contribution >= 4 is 27.3 Å². The van der Waals surface area contributed by atoms with Gasteiger partial charge in [0.05, 0.1) is 36.9 Å². The average molecular weight is 452 g/mol. The van der Waals surface area contributed by atoms with Gasteiger partial charge in [0, 0.05) is 5.56 Å². The van der Waals surface area contributed by atoms with Crippen LogP contribution in [0.15, 0.2) is 84.0 Å². The standard InChI is InChI=1S/C24H25N3O4S/c1-18(20-12-9-13-21(16-20)31-2)25-26-24(28)22-14-7-8-15-23(22)27(32(3,29)30)17-19-10-5-4-6-11-19/h4-16H,17H2,1-3H3,(H,26,28). The molecule has 166 valence electrons. The van der Waals surface area contributed by atoms with Crippen LogP contribution in [0.4, 0.5) is 5.69 Å². The lowest BCUT2D eigenvalue weighted by molar-refractivity contribution is 0.0955. The number of para-hydroxylation sites is 1. The second-order valence-corrected chi connectivity index (χ2v) is 9.05. The molecule has 1 N–H and O–H groups in total. The second kappa shape index (κ2) is 10.1. The zero-order chi connectivity index (χ0) is 23.1. The van der Waals surface area contributed by atoms with Crippen LogP contribution in [0.25, 0.3) is 0 Å². The first kappa shape index (κ1) is 23.0. The Hall–Kier alpha value is -3.65. The Morgan fingerprint density at radius 1 is 1.00 bits per heavy atom. The van der Waals surface area contributed by atoms with E-state index in [-0.39, 0.29) is 17.8 Å².